The second-order valence-corrected chi connectivity index (χ2v) is 11.0. The van der Waals surface area contributed by atoms with Crippen molar-refractivity contribution in [2.75, 3.05) is 18.4 Å². The predicted molar refractivity (Wildman–Crippen MR) is 110 cm³/mol. The third kappa shape index (κ3) is 3.17. The summed E-state index contributed by atoms with van der Waals surface area (Å²) in [5, 5.41) is 3.50. The van der Waals surface area contributed by atoms with Gasteiger partial charge in [-0.3, -0.25) is 4.79 Å². The number of hydrogen-bond acceptors (Lipinski definition) is 5. The Morgan fingerprint density at radius 1 is 1.14 bits per heavy atom. The molecule has 2 bridgehead atoms. The molecule has 3 atom stereocenters. The lowest BCUT2D eigenvalue weighted by molar-refractivity contribution is -0.120. The zero-order valence-electron chi connectivity index (χ0n) is 15.5. The molecule has 1 amide bonds. The molecule has 5 rings (SSSR count). The van der Waals surface area contributed by atoms with E-state index in [9.17, 15) is 13.2 Å². The van der Waals surface area contributed by atoms with Gasteiger partial charge in [-0.05, 0) is 55.7 Å². The monoisotopic (exact) mass is 417 g/mol. The minimum atomic E-state index is -3.47. The molecule has 1 aromatic heterocycles. The summed E-state index contributed by atoms with van der Waals surface area (Å²) in [6, 6.07) is 5.05. The molecule has 2 fully saturated rings. The minimum absolute atomic E-state index is 0.0250. The first-order valence-electron chi connectivity index (χ1n) is 9.91. The summed E-state index contributed by atoms with van der Waals surface area (Å²) in [4.78, 5) is 17.4. The highest BCUT2D eigenvalue weighted by atomic mass is 32.2. The maximum Gasteiger partial charge on any atom is 0.243 e. The molecule has 1 saturated heterocycles. The SMILES string of the molecule is O=C(Nc1nc2ccc(S(=O)(=O)N3CCCCC3)cc2s1)[C@H]1C[C@@H]2C=C[C@@H]1C2. The maximum absolute atomic E-state index is 12.9. The number of carbonyl (C=O) groups is 1. The minimum Gasteiger partial charge on any atom is -0.302 e. The van der Waals surface area contributed by atoms with Gasteiger partial charge in [-0.2, -0.15) is 4.31 Å². The van der Waals surface area contributed by atoms with E-state index in [-0.39, 0.29) is 11.8 Å². The van der Waals surface area contributed by atoms with Crippen LogP contribution in [0.3, 0.4) is 0 Å². The number of fused-ring (bicyclic) bond motifs is 3. The fourth-order valence-electron chi connectivity index (χ4n) is 4.65. The van der Waals surface area contributed by atoms with E-state index in [0.29, 0.717) is 40.5 Å². The Bertz CT molecular complexity index is 1050. The second kappa shape index (κ2) is 6.93. The lowest BCUT2D eigenvalue weighted by atomic mass is 9.93. The van der Waals surface area contributed by atoms with Gasteiger partial charge in [-0.15, -0.1) is 0 Å². The second-order valence-electron chi connectivity index (χ2n) is 7.99. The lowest BCUT2D eigenvalue weighted by Gasteiger charge is -2.25. The average molecular weight is 418 g/mol. The molecule has 1 aromatic carbocycles. The van der Waals surface area contributed by atoms with Crippen LogP contribution in [-0.4, -0.2) is 36.7 Å². The van der Waals surface area contributed by atoms with Crippen molar-refractivity contribution in [2.24, 2.45) is 17.8 Å². The molecular formula is C20H23N3O3S2. The number of thiazole rings is 1. The molecule has 0 spiro atoms. The molecule has 2 aromatic rings. The molecular weight excluding hydrogens is 394 g/mol. The van der Waals surface area contributed by atoms with Gasteiger partial charge in [-0.25, -0.2) is 13.4 Å². The van der Waals surface area contributed by atoms with Crippen LogP contribution in [0.15, 0.2) is 35.2 Å². The summed E-state index contributed by atoms with van der Waals surface area (Å²) < 4.78 is 28.1. The number of hydrogen-bond donors (Lipinski definition) is 1. The smallest absolute Gasteiger partial charge is 0.243 e. The van der Waals surface area contributed by atoms with Gasteiger partial charge in [0, 0.05) is 19.0 Å². The molecule has 148 valence electrons. The van der Waals surface area contributed by atoms with Crippen LogP contribution < -0.4 is 5.32 Å². The van der Waals surface area contributed by atoms with Crippen LogP contribution in [0.5, 0.6) is 0 Å². The highest BCUT2D eigenvalue weighted by Gasteiger charge is 2.40. The zero-order valence-corrected chi connectivity index (χ0v) is 17.1. The lowest BCUT2D eigenvalue weighted by Crippen LogP contribution is -2.35. The third-order valence-corrected chi connectivity index (χ3v) is 8.99. The van der Waals surface area contributed by atoms with Gasteiger partial charge < -0.3 is 5.32 Å². The summed E-state index contributed by atoms with van der Waals surface area (Å²) >= 11 is 1.34. The largest absolute Gasteiger partial charge is 0.302 e. The highest BCUT2D eigenvalue weighted by Crippen LogP contribution is 2.44. The predicted octanol–water partition coefficient (Wildman–Crippen LogP) is 3.62. The van der Waals surface area contributed by atoms with Gasteiger partial charge in [0.25, 0.3) is 0 Å². The number of nitrogens with zero attached hydrogens (tertiary/aromatic N) is 2. The highest BCUT2D eigenvalue weighted by molar-refractivity contribution is 7.89. The van der Waals surface area contributed by atoms with Crippen LogP contribution in [0, 0.1) is 17.8 Å². The first-order valence-corrected chi connectivity index (χ1v) is 12.2. The Balaban J connectivity index is 1.36. The number of piperidine rings is 1. The molecule has 28 heavy (non-hydrogen) atoms. The van der Waals surface area contributed by atoms with Crippen molar-refractivity contribution >= 4 is 42.6 Å². The average Bonchev–Trinajstić information content (AvgIpc) is 3.43. The van der Waals surface area contributed by atoms with Gasteiger partial charge in [0.1, 0.15) is 0 Å². The van der Waals surface area contributed by atoms with Gasteiger partial charge in [-0.1, -0.05) is 29.9 Å². The molecule has 1 aliphatic heterocycles. The van der Waals surface area contributed by atoms with Crippen molar-refractivity contribution in [1.29, 1.82) is 0 Å². The van der Waals surface area contributed by atoms with E-state index < -0.39 is 10.0 Å². The Morgan fingerprint density at radius 2 is 1.96 bits per heavy atom. The number of aromatic nitrogens is 1. The zero-order chi connectivity index (χ0) is 19.3. The van der Waals surface area contributed by atoms with E-state index >= 15 is 0 Å². The molecule has 1 saturated carbocycles. The Hall–Kier alpha value is -1.77. The molecule has 1 N–H and O–H groups in total. The van der Waals surface area contributed by atoms with Crippen LogP contribution in [0.4, 0.5) is 5.13 Å². The van der Waals surface area contributed by atoms with E-state index in [0.717, 1.165) is 36.8 Å². The summed E-state index contributed by atoms with van der Waals surface area (Å²) in [6.07, 6.45) is 9.28. The number of sulfonamides is 1. The normalized spacial score (nSPS) is 27.5. The number of amides is 1. The quantitative estimate of drug-likeness (QED) is 0.771. The Kier molecular flexibility index (Phi) is 4.52. The summed E-state index contributed by atoms with van der Waals surface area (Å²) in [7, 11) is -3.47. The van der Waals surface area contributed by atoms with Crippen LogP contribution in [0.1, 0.15) is 32.1 Å². The molecule has 6 nitrogen and oxygen atoms in total. The summed E-state index contributed by atoms with van der Waals surface area (Å²) in [5.74, 6) is 0.938. The number of carbonyl (C=O) groups excluding carboxylic acids is 1. The number of benzene rings is 1. The molecule has 2 heterocycles. The Labute approximate surface area is 168 Å². The maximum atomic E-state index is 12.9. The molecule has 2 aliphatic carbocycles. The number of allylic oxidation sites excluding steroid dienone is 2. The number of anilines is 1. The van der Waals surface area contributed by atoms with Crippen molar-refractivity contribution in [2.45, 2.75) is 37.0 Å². The molecule has 8 heteroatoms. The molecule has 0 unspecified atom stereocenters. The molecule has 0 radical (unpaired) electrons. The van der Waals surface area contributed by atoms with Gasteiger partial charge in [0.05, 0.1) is 15.1 Å². The molecule has 3 aliphatic rings. The van der Waals surface area contributed by atoms with Crippen LogP contribution in [0.2, 0.25) is 0 Å². The number of rotatable bonds is 4. The van der Waals surface area contributed by atoms with Gasteiger partial charge >= 0.3 is 0 Å². The van der Waals surface area contributed by atoms with E-state index in [1.807, 2.05) is 0 Å². The van der Waals surface area contributed by atoms with E-state index in [1.165, 1.54) is 11.3 Å². The van der Waals surface area contributed by atoms with Crippen LogP contribution in [-0.2, 0) is 14.8 Å². The summed E-state index contributed by atoms with van der Waals surface area (Å²) in [5.41, 5.74) is 0.714. The third-order valence-electron chi connectivity index (χ3n) is 6.16. The fraction of sp³-hybridized carbons (Fsp3) is 0.500. The van der Waals surface area contributed by atoms with E-state index in [4.69, 9.17) is 0 Å². The first kappa shape index (κ1) is 18.3. The standard InChI is InChI=1S/C20H23N3O3S2/c24-19(16-11-13-4-5-14(16)10-13)22-20-21-17-7-6-15(12-18(17)27-20)28(25,26)23-8-2-1-3-9-23/h4-7,12-14,16H,1-3,8-11H2,(H,21,22,24)/t13-,14-,16+/m1/s1. The van der Waals surface area contributed by atoms with Crippen molar-refractivity contribution in [3.05, 3.63) is 30.4 Å². The van der Waals surface area contributed by atoms with Crippen LogP contribution in [0.25, 0.3) is 10.2 Å². The fourth-order valence-corrected chi connectivity index (χ4v) is 7.18. The number of nitrogens with one attached hydrogen (secondary N) is 1. The van der Waals surface area contributed by atoms with Gasteiger partial charge in [0.15, 0.2) is 5.13 Å². The van der Waals surface area contributed by atoms with Crippen LogP contribution >= 0.6 is 11.3 Å². The topological polar surface area (TPSA) is 79.4 Å². The Morgan fingerprint density at radius 3 is 2.68 bits per heavy atom. The van der Waals surface area contributed by atoms with Gasteiger partial charge in [0.2, 0.25) is 15.9 Å². The first-order chi connectivity index (χ1) is 13.5. The van der Waals surface area contributed by atoms with E-state index in [1.54, 1.807) is 22.5 Å². The van der Waals surface area contributed by atoms with Crippen molar-refractivity contribution in [3.63, 3.8) is 0 Å². The van der Waals surface area contributed by atoms with Crippen molar-refractivity contribution in [3.8, 4) is 0 Å². The van der Waals surface area contributed by atoms with Crippen molar-refractivity contribution < 1.29 is 13.2 Å². The van der Waals surface area contributed by atoms with E-state index in [2.05, 4.69) is 22.5 Å². The summed E-state index contributed by atoms with van der Waals surface area (Å²) in [6.45, 7) is 1.17. The van der Waals surface area contributed by atoms with Crippen molar-refractivity contribution in [1.82, 2.24) is 9.29 Å².